The van der Waals surface area contributed by atoms with Gasteiger partial charge in [-0.25, -0.2) is 4.39 Å². The lowest BCUT2D eigenvalue weighted by Crippen LogP contribution is -2.30. The number of pyridine rings is 1. The molecule has 0 aliphatic rings. The number of hydrogen-bond acceptors (Lipinski definition) is 5. The summed E-state index contributed by atoms with van der Waals surface area (Å²) < 4.78 is 13.3. The third-order valence-electron chi connectivity index (χ3n) is 2.35. The molecule has 1 amide bonds. The van der Waals surface area contributed by atoms with E-state index in [0.717, 1.165) is 0 Å². The third-order valence-corrected chi connectivity index (χ3v) is 2.35. The van der Waals surface area contributed by atoms with Crippen molar-refractivity contribution in [2.24, 2.45) is 10.7 Å². The van der Waals surface area contributed by atoms with Gasteiger partial charge in [-0.15, -0.1) is 0 Å². The van der Waals surface area contributed by atoms with Crippen molar-refractivity contribution in [3.8, 4) is 0 Å². The summed E-state index contributed by atoms with van der Waals surface area (Å²) in [5, 5.41) is 2.49. The van der Waals surface area contributed by atoms with Crippen molar-refractivity contribution in [1.29, 1.82) is 0 Å². The van der Waals surface area contributed by atoms with Gasteiger partial charge in [0.2, 0.25) is 0 Å². The highest BCUT2D eigenvalue weighted by Gasteiger charge is 2.14. The van der Waals surface area contributed by atoms with E-state index in [1.807, 2.05) is 0 Å². The first-order valence-electron chi connectivity index (χ1n) is 5.48. The van der Waals surface area contributed by atoms with Gasteiger partial charge in [0.25, 0.3) is 5.91 Å². The largest absolute Gasteiger partial charge is 0.383 e. The summed E-state index contributed by atoms with van der Waals surface area (Å²) in [5.41, 5.74) is 5.82. The minimum absolute atomic E-state index is 0.0126. The van der Waals surface area contributed by atoms with Crippen LogP contribution in [0.5, 0.6) is 0 Å². The lowest BCUT2D eigenvalue weighted by atomic mass is 10.3. The predicted molar refractivity (Wildman–Crippen MR) is 70.5 cm³/mol. The Bertz CT molecular complexity index is 513. The van der Waals surface area contributed by atoms with Gasteiger partial charge in [-0.2, -0.15) is 0 Å². The highest BCUT2D eigenvalue weighted by Crippen LogP contribution is 2.05. The molecule has 6 nitrogen and oxygen atoms in total. The number of aliphatic imine (C=N–C) groups is 1. The minimum Gasteiger partial charge on any atom is -0.383 e. The molecule has 19 heavy (non-hydrogen) atoms. The number of rotatable bonds is 5. The third kappa shape index (κ3) is 3.77. The van der Waals surface area contributed by atoms with Gasteiger partial charge in [-0.05, 0) is 18.9 Å². The average molecular weight is 265 g/mol. The summed E-state index contributed by atoms with van der Waals surface area (Å²) in [4.78, 5) is 20.8. The van der Waals surface area contributed by atoms with Gasteiger partial charge >= 0.3 is 0 Å². The molecule has 1 aromatic heterocycles. The molecule has 0 aliphatic carbocycles. The average Bonchev–Trinajstić information content (AvgIpc) is 2.38. The van der Waals surface area contributed by atoms with Crippen LogP contribution in [0.15, 0.2) is 34.8 Å². The number of amides is 1. The highest BCUT2D eigenvalue weighted by molar-refractivity contribution is 5.94. The Kier molecular flexibility index (Phi) is 4.99. The van der Waals surface area contributed by atoms with Crippen molar-refractivity contribution in [3.63, 3.8) is 0 Å². The summed E-state index contributed by atoms with van der Waals surface area (Å²) >= 11 is 0. The normalized spacial score (nSPS) is 11.5. The Balaban J connectivity index is 2.78. The predicted octanol–water partition coefficient (Wildman–Crippen LogP) is 0.227. The molecule has 1 heterocycles. The molecule has 1 aromatic rings. The monoisotopic (exact) mass is 265 g/mol. The molecule has 0 aliphatic heterocycles. The van der Waals surface area contributed by atoms with Crippen LogP contribution in [0.4, 0.5) is 4.39 Å². The molecule has 0 atom stereocenters. The van der Waals surface area contributed by atoms with Crippen molar-refractivity contribution in [2.75, 3.05) is 14.1 Å². The fourth-order valence-corrected chi connectivity index (χ4v) is 1.28. The maximum atomic E-state index is 13.3. The smallest absolute Gasteiger partial charge is 0.273 e. The summed E-state index contributed by atoms with van der Waals surface area (Å²) in [7, 11) is 3.35. The van der Waals surface area contributed by atoms with Crippen molar-refractivity contribution in [1.82, 2.24) is 15.2 Å². The molecule has 0 fully saturated rings. The number of nitrogens with one attached hydrogen (secondary N) is 1. The van der Waals surface area contributed by atoms with Gasteiger partial charge in [-0.1, -0.05) is 0 Å². The van der Waals surface area contributed by atoms with Gasteiger partial charge < -0.3 is 16.0 Å². The highest BCUT2D eigenvalue weighted by atomic mass is 19.1. The molecule has 0 saturated heterocycles. The topological polar surface area (TPSA) is 83.6 Å². The second kappa shape index (κ2) is 6.48. The molecule has 3 N–H and O–H groups in total. The van der Waals surface area contributed by atoms with Gasteiger partial charge in [0.1, 0.15) is 11.6 Å². The first-order valence-corrected chi connectivity index (χ1v) is 5.48. The van der Waals surface area contributed by atoms with Crippen molar-refractivity contribution >= 4 is 12.6 Å². The standard InChI is InChI=1S/C12H16FN5O/c1-15-10(11(14)18(2)3)12(19)17-7-9-8(13)5-4-6-16-9/h4-6H,1,7,14H2,2-3H3,(H,17,19)/b11-10-. The van der Waals surface area contributed by atoms with E-state index in [-0.39, 0.29) is 23.8 Å². The number of hydrogen-bond donors (Lipinski definition) is 2. The van der Waals surface area contributed by atoms with Crippen LogP contribution >= 0.6 is 0 Å². The van der Waals surface area contributed by atoms with Crippen molar-refractivity contribution < 1.29 is 9.18 Å². The molecule has 7 heteroatoms. The summed E-state index contributed by atoms with van der Waals surface area (Å²) in [6.07, 6.45) is 1.45. The molecule has 0 spiro atoms. The minimum atomic E-state index is -0.536. The fourth-order valence-electron chi connectivity index (χ4n) is 1.28. The first kappa shape index (κ1) is 14.6. The maximum Gasteiger partial charge on any atom is 0.273 e. The Labute approximate surface area is 110 Å². The number of carbonyl (C=O) groups excluding carboxylic acids is 1. The Morgan fingerprint density at radius 2 is 2.32 bits per heavy atom. The number of halogens is 1. The van der Waals surface area contributed by atoms with E-state index in [2.05, 4.69) is 22.0 Å². The van der Waals surface area contributed by atoms with Gasteiger partial charge in [-0.3, -0.25) is 14.8 Å². The van der Waals surface area contributed by atoms with E-state index in [0.29, 0.717) is 0 Å². The zero-order chi connectivity index (χ0) is 14.4. The molecule has 0 radical (unpaired) electrons. The maximum absolute atomic E-state index is 13.3. The Morgan fingerprint density at radius 1 is 1.63 bits per heavy atom. The second-order valence-corrected chi connectivity index (χ2v) is 3.90. The molecule has 0 unspecified atom stereocenters. The van der Waals surface area contributed by atoms with Crippen LogP contribution in [0.1, 0.15) is 5.69 Å². The number of nitrogens with two attached hydrogens (primary N) is 1. The lowest BCUT2D eigenvalue weighted by molar-refractivity contribution is -0.117. The van der Waals surface area contributed by atoms with Crippen LogP contribution in [0.2, 0.25) is 0 Å². The van der Waals surface area contributed by atoms with E-state index in [1.165, 1.54) is 23.2 Å². The van der Waals surface area contributed by atoms with E-state index in [9.17, 15) is 9.18 Å². The first-order chi connectivity index (χ1) is 8.97. The number of nitrogens with zero attached hydrogens (tertiary/aromatic N) is 3. The molecule has 0 saturated carbocycles. The van der Waals surface area contributed by atoms with Crippen LogP contribution in [-0.2, 0) is 11.3 Å². The van der Waals surface area contributed by atoms with Crippen LogP contribution < -0.4 is 11.1 Å². The summed E-state index contributed by atoms with van der Waals surface area (Å²) in [6.45, 7) is 3.24. The van der Waals surface area contributed by atoms with Crippen molar-refractivity contribution in [3.05, 3.63) is 41.4 Å². The molecule has 1 rings (SSSR count). The molecular weight excluding hydrogens is 249 g/mol. The quantitative estimate of drug-likeness (QED) is 0.589. The van der Waals surface area contributed by atoms with Gasteiger partial charge in [0, 0.05) is 20.3 Å². The van der Waals surface area contributed by atoms with E-state index < -0.39 is 11.7 Å². The van der Waals surface area contributed by atoms with Crippen LogP contribution in [0.25, 0.3) is 0 Å². The van der Waals surface area contributed by atoms with Crippen LogP contribution in [0, 0.1) is 5.82 Å². The van der Waals surface area contributed by atoms with Crippen LogP contribution in [-0.4, -0.2) is 36.6 Å². The van der Waals surface area contributed by atoms with Gasteiger partial charge in [0.05, 0.1) is 12.2 Å². The number of aromatic nitrogens is 1. The molecule has 0 aromatic carbocycles. The molecule has 0 bridgehead atoms. The second-order valence-electron chi connectivity index (χ2n) is 3.90. The summed E-state index contributed by atoms with van der Waals surface area (Å²) in [6, 6.07) is 2.74. The zero-order valence-electron chi connectivity index (χ0n) is 10.9. The van der Waals surface area contributed by atoms with Crippen molar-refractivity contribution in [2.45, 2.75) is 6.54 Å². The van der Waals surface area contributed by atoms with E-state index >= 15 is 0 Å². The lowest BCUT2D eigenvalue weighted by Gasteiger charge is -2.15. The molecule has 102 valence electrons. The van der Waals surface area contributed by atoms with E-state index in [4.69, 9.17) is 5.73 Å². The Morgan fingerprint density at radius 3 is 2.84 bits per heavy atom. The fraction of sp³-hybridized carbons (Fsp3) is 0.250. The van der Waals surface area contributed by atoms with Gasteiger partial charge in [0.15, 0.2) is 5.70 Å². The zero-order valence-corrected chi connectivity index (χ0v) is 10.9. The van der Waals surface area contributed by atoms with Crippen LogP contribution in [0.3, 0.4) is 0 Å². The SMILES string of the molecule is C=N/C(C(=O)NCc1ncccc1F)=C(/N)N(C)C. The number of carbonyl (C=O) groups is 1. The van der Waals surface area contributed by atoms with E-state index in [1.54, 1.807) is 14.1 Å². The Hall–Kier alpha value is -2.44. The summed E-state index contributed by atoms with van der Waals surface area (Å²) in [5.74, 6) is -0.847. The molecular formula is C12H16FN5O.